The molecule has 1 atom stereocenters. The number of amides is 2. The fraction of sp³-hybridized carbons (Fsp3) is 0.348. The second-order valence-corrected chi connectivity index (χ2v) is 8.77. The molecule has 1 aromatic carbocycles. The number of anilines is 1. The number of thiophene rings is 1. The second-order valence-electron chi connectivity index (χ2n) is 7.69. The Balaban J connectivity index is 1.57. The number of fused-ring (bicyclic) bond motifs is 1. The molecule has 1 aliphatic heterocycles. The number of hydrogen-bond acceptors (Lipinski definition) is 5. The van der Waals surface area contributed by atoms with Gasteiger partial charge in [-0.3, -0.25) is 0 Å². The number of aromatic nitrogens is 1. The van der Waals surface area contributed by atoms with Crippen molar-refractivity contribution in [1.82, 2.24) is 14.8 Å². The predicted octanol–water partition coefficient (Wildman–Crippen LogP) is 4.43. The van der Waals surface area contributed by atoms with Crippen molar-refractivity contribution in [2.75, 3.05) is 33.1 Å². The lowest BCUT2D eigenvalue weighted by Crippen LogP contribution is -2.33. The van der Waals surface area contributed by atoms with E-state index in [4.69, 9.17) is 9.47 Å². The van der Waals surface area contributed by atoms with Gasteiger partial charge in [0, 0.05) is 42.0 Å². The SMILES string of the molecule is COc1ccc(NC(=O)N[C@@H](C)c2c(-n3cccc3)sc3c2CCN(C)C3)c(OC)c1. The first-order valence-electron chi connectivity index (χ1n) is 10.3. The highest BCUT2D eigenvalue weighted by atomic mass is 32.1. The lowest BCUT2D eigenvalue weighted by Gasteiger charge is -2.24. The topological polar surface area (TPSA) is 67.8 Å². The molecule has 1 aliphatic rings. The first kappa shape index (κ1) is 21.3. The average Bonchev–Trinajstić information content (AvgIpc) is 3.41. The Morgan fingerprint density at radius 3 is 2.68 bits per heavy atom. The van der Waals surface area contributed by atoms with E-state index >= 15 is 0 Å². The highest BCUT2D eigenvalue weighted by Gasteiger charge is 2.27. The lowest BCUT2D eigenvalue weighted by atomic mass is 9.98. The van der Waals surface area contributed by atoms with E-state index in [1.54, 1.807) is 32.4 Å². The van der Waals surface area contributed by atoms with Crippen molar-refractivity contribution >= 4 is 23.1 Å². The fourth-order valence-electron chi connectivity index (χ4n) is 3.98. The molecule has 0 fully saturated rings. The van der Waals surface area contributed by atoms with E-state index in [1.165, 1.54) is 21.0 Å². The minimum absolute atomic E-state index is 0.148. The quantitative estimate of drug-likeness (QED) is 0.595. The first-order chi connectivity index (χ1) is 15.0. The maximum absolute atomic E-state index is 12.8. The third-order valence-electron chi connectivity index (χ3n) is 5.55. The fourth-order valence-corrected chi connectivity index (χ4v) is 5.47. The molecule has 0 aliphatic carbocycles. The van der Waals surface area contributed by atoms with Gasteiger partial charge in [0.05, 0.1) is 25.9 Å². The molecule has 0 unspecified atom stereocenters. The van der Waals surface area contributed by atoms with E-state index in [2.05, 4.69) is 39.5 Å². The highest BCUT2D eigenvalue weighted by Crippen LogP contribution is 2.39. The normalized spacial score (nSPS) is 14.6. The van der Waals surface area contributed by atoms with Gasteiger partial charge in [-0.15, -0.1) is 11.3 Å². The molecular formula is C23H28N4O3S. The summed E-state index contributed by atoms with van der Waals surface area (Å²) in [6.07, 6.45) is 5.10. The van der Waals surface area contributed by atoms with Crippen LogP contribution in [0, 0.1) is 0 Å². The summed E-state index contributed by atoms with van der Waals surface area (Å²) in [5.74, 6) is 1.22. The third kappa shape index (κ3) is 4.40. The van der Waals surface area contributed by atoms with Gasteiger partial charge in [0.25, 0.3) is 0 Å². The molecule has 2 N–H and O–H groups in total. The number of carbonyl (C=O) groups is 1. The van der Waals surface area contributed by atoms with Crippen LogP contribution in [0.25, 0.3) is 5.00 Å². The zero-order valence-corrected chi connectivity index (χ0v) is 19.1. The van der Waals surface area contributed by atoms with E-state index in [0.29, 0.717) is 17.2 Å². The van der Waals surface area contributed by atoms with Gasteiger partial charge in [-0.2, -0.15) is 0 Å². The Bertz CT molecular complexity index is 1060. The van der Waals surface area contributed by atoms with E-state index in [9.17, 15) is 4.79 Å². The number of nitrogens with zero attached hydrogens (tertiary/aromatic N) is 2. The molecule has 0 radical (unpaired) electrons. The predicted molar refractivity (Wildman–Crippen MR) is 124 cm³/mol. The van der Waals surface area contributed by atoms with Crippen LogP contribution in [0.3, 0.4) is 0 Å². The molecule has 8 heteroatoms. The Kier molecular flexibility index (Phi) is 6.20. The summed E-state index contributed by atoms with van der Waals surface area (Å²) < 4.78 is 12.8. The largest absolute Gasteiger partial charge is 0.497 e. The molecule has 0 saturated carbocycles. The van der Waals surface area contributed by atoms with Crippen LogP contribution in [-0.2, 0) is 13.0 Å². The number of methoxy groups -OCH3 is 2. The maximum Gasteiger partial charge on any atom is 0.319 e. The summed E-state index contributed by atoms with van der Waals surface area (Å²) in [4.78, 5) is 16.5. The molecule has 4 rings (SSSR count). The number of hydrogen-bond donors (Lipinski definition) is 2. The molecule has 31 heavy (non-hydrogen) atoms. The van der Waals surface area contributed by atoms with Gasteiger partial charge >= 0.3 is 6.03 Å². The molecule has 0 bridgehead atoms. The summed E-state index contributed by atoms with van der Waals surface area (Å²) in [7, 11) is 5.31. The lowest BCUT2D eigenvalue weighted by molar-refractivity contribution is 0.249. The number of nitrogens with one attached hydrogen (secondary N) is 2. The van der Waals surface area contributed by atoms with Gasteiger partial charge < -0.3 is 29.6 Å². The number of urea groups is 1. The zero-order chi connectivity index (χ0) is 22.0. The Labute approximate surface area is 186 Å². The second kappa shape index (κ2) is 9.03. The van der Waals surface area contributed by atoms with Crippen molar-refractivity contribution in [2.45, 2.75) is 25.9 Å². The first-order valence-corrected chi connectivity index (χ1v) is 11.1. The minimum atomic E-state index is -0.276. The molecule has 2 aromatic heterocycles. The zero-order valence-electron chi connectivity index (χ0n) is 18.3. The summed E-state index contributed by atoms with van der Waals surface area (Å²) in [6.45, 7) is 4.00. The van der Waals surface area contributed by atoms with E-state index in [-0.39, 0.29) is 12.1 Å². The molecule has 3 aromatic rings. The number of benzene rings is 1. The molecule has 0 saturated heterocycles. The Hall–Kier alpha value is -2.97. The smallest absolute Gasteiger partial charge is 0.319 e. The van der Waals surface area contributed by atoms with Crippen molar-refractivity contribution in [3.63, 3.8) is 0 Å². The summed E-state index contributed by atoms with van der Waals surface area (Å²) in [5, 5.41) is 7.19. The Morgan fingerprint density at radius 1 is 1.19 bits per heavy atom. The van der Waals surface area contributed by atoms with Crippen molar-refractivity contribution in [2.24, 2.45) is 0 Å². The van der Waals surface area contributed by atoms with Gasteiger partial charge in [-0.05, 0) is 50.2 Å². The van der Waals surface area contributed by atoms with Gasteiger partial charge in [-0.25, -0.2) is 4.79 Å². The molecular weight excluding hydrogens is 412 g/mol. The van der Waals surface area contributed by atoms with Crippen molar-refractivity contribution in [3.05, 3.63) is 58.7 Å². The van der Waals surface area contributed by atoms with Crippen LogP contribution in [0.5, 0.6) is 11.5 Å². The average molecular weight is 441 g/mol. The number of likely N-dealkylation sites (N-methyl/N-ethyl adjacent to an activating group) is 1. The number of rotatable bonds is 6. The highest BCUT2D eigenvalue weighted by molar-refractivity contribution is 7.15. The molecule has 2 amide bonds. The molecule has 7 nitrogen and oxygen atoms in total. The van der Waals surface area contributed by atoms with Crippen molar-refractivity contribution < 1.29 is 14.3 Å². The third-order valence-corrected chi connectivity index (χ3v) is 6.79. The summed E-state index contributed by atoms with van der Waals surface area (Å²) >= 11 is 1.81. The summed E-state index contributed by atoms with van der Waals surface area (Å²) in [5.41, 5.74) is 3.15. The van der Waals surface area contributed by atoms with E-state index in [0.717, 1.165) is 19.5 Å². The monoisotopic (exact) mass is 440 g/mol. The van der Waals surface area contributed by atoms with Crippen LogP contribution in [0.2, 0.25) is 0 Å². The molecule has 0 spiro atoms. The van der Waals surface area contributed by atoms with Crippen LogP contribution in [0.4, 0.5) is 10.5 Å². The van der Waals surface area contributed by atoms with E-state index < -0.39 is 0 Å². The number of ether oxygens (including phenoxy) is 2. The minimum Gasteiger partial charge on any atom is -0.497 e. The van der Waals surface area contributed by atoms with Crippen LogP contribution in [0.15, 0.2) is 42.7 Å². The standard InChI is InChI=1S/C23H28N4O3S/c1-15(24-23(28)25-18-8-7-16(29-3)13-19(18)30-4)21-17-9-12-26(2)14-20(17)31-22(21)27-10-5-6-11-27/h5-8,10-11,13,15H,9,12,14H2,1-4H3,(H2,24,25,28)/t15-/m0/s1. The maximum atomic E-state index is 12.8. The van der Waals surface area contributed by atoms with Gasteiger partial charge in [0.15, 0.2) is 0 Å². The van der Waals surface area contributed by atoms with Crippen LogP contribution in [-0.4, -0.2) is 43.3 Å². The Morgan fingerprint density at radius 2 is 1.97 bits per heavy atom. The van der Waals surface area contributed by atoms with Gasteiger partial charge in [0.2, 0.25) is 0 Å². The van der Waals surface area contributed by atoms with Crippen LogP contribution >= 0.6 is 11.3 Å². The van der Waals surface area contributed by atoms with Crippen molar-refractivity contribution in [1.29, 1.82) is 0 Å². The number of carbonyl (C=O) groups excluding carboxylic acids is 1. The summed E-state index contributed by atoms with van der Waals surface area (Å²) in [6, 6.07) is 8.93. The van der Waals surface area contributed by atoms with Gasteiger partial charge in [0.1, 0.15) is 16.5 Å². The van der Waals surface area contributed by atoms with Crippen LogP contribution < -0.4 is 20.1 Å². The van der Waals surface area contributed by atoms with Crippen LogP contribution in [0.1, 0.15) is 29.0 Å². The van der Waals surface area contributed by atoms with Crippen molar-refractivity contribution in [3.8, 4) is 16.5 Å². The van der Waals surface area contributed by atoms with E-state index in [1.807, 2.05) is 30.4 Å². The molecule has 164 valence electrons. The van der Waals surface area contributed by atoms with Gasteiger partial charge in [-0.1, -0.05) is 0 Å². The molecule has 3 heterocycles.